The van der Waals surface area contributed by atoms with Crippen molar-refractivity contribution in [1.82, 2.24) is 10.3 Å². The summed E-state index contributed by atoms with van der Waals surface area (Å²) in [5.74, 6) is -0.672. The Kier molecular flexibility index (Phi) is 8.27. The Bertz CT molecular complexity index is 840. The van der Waals surface area contributed by atoms with E-state index in [0.717, 1.165) is 20.4 Å². The van der Waals surface area contributed by atoms with Crippen LogP contribution in [-0.2, 0) is 27.1 Å². The quantitative estimate of drug-likeness (QED) is 0.416. The third-order valence-corrected chi connectivity index (χ3v) is 5.53. The molecule has 0 amide bonds. The lowest BCUT2D eigenvalue weighted by atomic mass is 10.0. The summed E-state index contributed by atoms with van der Waals surface area (Å²) in [7, 11) is 1.39. The number of aromatic amines is 1. The van der Waals surface area contributed by atoms with Gasteiger partial charge in [-0.05, 0) is 79.8 Å². The number of hydrogen-bond acceptors (Lipinski definition) is 5. The van der Waals surface area contributed by atoms with Crippen molar-refractivity contribution in [2.45, 2.75) is 52.2 Å². The molecule has 0 saturated carbocycles. The van der Waals surface area contributed by atoms with Gasteiger partial charge in [0, 0.05) is 6.54 Å². The summed E-state index contributed by atoms with van der Waals surface area (Å²) < 4.78 is 11.4. The summed E-state index contributed by atoms with van der Waals surface area (Å²) in [6, 6.07) is 9.35. The molecular formula is C22H29IN2O4. The van der Waals surface area contributed by atoms with Crippen molar-refractivity contribution in [3.63, 3.8) is 0 Å². The molecule has 1 unspecified atom stereocenters. The SMILES string of the molecule is COC(=O)C(Cc1ccccc1)NCCc1c(C(=O)OC(C)(C)C)[nH]c(I)c1C. The summed E-state index contributed by atoms with van der Waals surface area (Å²) in [5.41, 5.74) is 2.88. The van der Waals surface area contributed by atoms with E-state index in [1.807, 2.05) is 58.0 Å². The summed E-state index contributed by atoms with van der Waals surface area (Å²) >= 11 is 2.18. The van der Waals surface area contributed by atoms with Gasteiger partial charge in [0.2, 0.25) is 0 Å². The van der Waals surface area contributed by atoms with Crippen LogP contribution in [0.3, 0.4) is 0 Å². The first-order chi connectivity index (χ1) is 13.6. The van der Waals surface area contributed by atoms with Crippen molar-refractivity contribution in [3.8, 4) is 0 Å². The number of aromatic nitrogens is 1. The molecule has 158 valence electrons. The van der Waals surface area contributed by atoms with Crippen molar-refractivity contribution in [2.75, 3.05) is 13.7 Å². The normalized spacial score (nSPS) is 12.5. The molecule has 0 bridgehead atoms. The molecule has 0 aliphatic heterocycles. The zero-order valence-electron chi connectivity index (χ0n) is 17.6. The molecule has 2 rings (SSSR count). The van der Waals surface area contributed by atoms with E-state index in [-0.39, 0.29) is 11.9 Å². The smallest absolute Gasteiger partial charge is 0.355 e. The van der Waals surface area contributed by atoms with E-state index in [9.17, 15) is 9.59 Å². The van der Waals surface area contributed by atoms with E-state index < -0.39 is 11.6 Å². The standard InChI is InChI=1S/C22H29IN2O4/c1-14-16(18(25-19(14)23)21(27)29-22(2,3)4)11-12-24-17(20(26)28-5)13-15-9-7-6-8-10-15/h6-10,17,24-25H,11-13H2,1-5H3. The van der Waals surface area contributed by atoms with Gasteiger partial charge in [-0.1, -0.05) is 30.3 Å². The summed E-state index contributed by atoms with van der Waals surface area (Å²) in [6.45, 7) is 8.03. The van der Waals surface area contributed by atoms with Crippen LogP contribution >= 0.6 is 22.6 Å². The van der Waals surface area contributed by atoms with Crippen molar-refractivity contribution < 1.29 is 19.1 Å². The van der Waals surface area contributed by atoms with Gasteiger partial charge in [-0.25, -0.2) is 4.79 Å². The fourth-order valence-corrected chi connectivity index (χ4v) is 3.61. The van der Waals surface area contributed by atoms with Gasteiger partial charge in [0.15, 0.2) is 0 Å². The molecule has 0 radical (unpaired) electrons. The number of esters is 2. The highest BCUT2D eigenvalue weighted by molar-refractivity contribution is 14.1. The number of rotatable bonds is 8. The monoisotopic (exact) mass is 512 g/mol. The maximum atomic E-state index is 12.6. The molecule has 2 aromatic rings. The van der Waals surface area contributed by atoms with Crippen LogP contribution < -0.4 is 5.32 Å². The van der Waals surface area contributed by atoms with E-state index in [0.29, 0.717) is 25.1 Å². The molecular weight excluding hydrogens is 483 g/mol. The molecule has 1 atom stereocenters. The van der Waals surface area contributed by atoms with Crippen molar-refractivity contribution in [2.24, 2.45) is 0 Å². The van der Waals surface area contributed by atoms with E-state index >= 15 is 0 Å². The van der Waals surface area contributed by atoms with E-state index in [4.69, 9.17) is 9.47 Å². The Balaban J connectivity index is 2.09. The second-order valence-electron chi connectivity index (χ2n) is 7.89. The predicted molar refractivity (Wildman–Crippen MR) is 121 cm³/mol. The average Bonchev–Trinajstić information content (AvgIpc) is 2.94. The Hall–Kier alpha value is -1.87. The predicted octanol–water partition coefficient (Wildman–Crippen LogP) is 3.80. The third kappa shape index (κ3) is 6.85. The molecule has 0 aliphatic rings. The number of H-pyrrole nitrogens is 1. The lowest BCUT2D eigenvalue weighted by molar-refractivity contribution is -0.143. The number of ether oxygens (including phenoxy) is 2. The van der Waals surface area contributed by atoms with Gasteiger partial charge in [0.05, 0.1) is 10.8 Å². The average molecular weight is 512 g/mol. The third-order valence-electron chi connectivity index (χ3n) is 4.46. The van der Waals surface area contributed by atoms with Crippen LogP contribution in [0.4, 0.5) is 0 Å². The molecule has 7 heteroatoms. The first kappa shape index (κ1) is 23.4. The second-order valence-corrected chi connectivity index (χ2v) is 8.97. The summed E-state index contributed by atoms with van der Waals surface area (Å²) in [5, 5.41) is 3.28. The number of carbonyl (C=O) groups is 2. The van der Waals surface area contributed by atoms with E-state index in [2.05, 4.69) is 32.9 Å². The van der Waals surface area contributed by atoms with Crippen LogP contribution in [0.2, 0.25) is 0 Å². The van der Waals surface area contributed by atoms with Crippen LogP contribution in [0.25, 0.3) is 0 Å². The van der Waals surface area contributed by atoms with Crippen molar-refractivity contribution in [3.05, 3.63) is 56.4 Å². The zero-order chi connectivity index (χ0) is 21.6. The lowest BCUT2D eigenvalue weighted by Gasteiger charge is -2.20. The number of halogens is 1. The first-order valence-corrected chi connectivity index (χ1v) is 10.7. The Morgan fingerprint density at radius 1 is 1.21 bits per heavy atom. The molecule has 0 saturated heterocycles. The number of carbonyl (C=O) groups excluding carboxylic acids is 2. The Labute approximate surface area is 185 Å². The van der Waals surface area contributed by atoms with Crippen LogP contribution in [0.15, 0.2) is 30.3 Å². The maximum absolute atomic E-state index is 12.6. The summed E-state index contributed by atoms with van der Waals surface area (Å²) in [6.07, 6.45) is 1.12. The fraction of sp³-hybridized carbons (Fsp3) is 0.455. The minimum absolute atomic E-state index is 0.304. The molecule has 0 spiro atoms. The largest absolute Gasteiger partial charge is 0.468 e. The van der Waals surface area contributed by atoms with Crippen LogP contribution in [0.5, 0.6) is 0 Å². The lowest BCUT2D eigenvalue weighted by Crippen LogP contribution is -2.40. The topological polar surface area (TPSA) is 80.4 Å². The molecule has 1 heterocycles. The first-order valence-electron chi connectivity index (χ1n) is 9.57. The molecule has 0 aliphatic carbocycles. The second kappa shape index (κ2) is 10.2. The number of benzene rings is 1. The van der Waals surface area contributed by atoms with Gasteiger partial charge in [-0.15, -0.1) is 0 Å². The fourth-order valence-electron chi connectivity index (χ4n) is 3.02. The minimum atomic E-state index is -0.567. The Morgan fingerprint density at radius 2 is 1.86 bits per heavy atom. The highest BCUT2D eigenvalue weighted by Gasteiger charge is 2.25. The van der Waals surface area contributed by atoms with Crippen LogP contribution in [0.1, 0.15) is 48.0 Å². The van der Waals surface area contributed by atoms with Crippen molar-refractivity contribution >= 4 is 34.5 Å². The molecule has 1 aromatic carbocycles. The van der Waals surface area contributed by atoms with Gasteiger partial charge in [0.1, 0.15) is 17.3 Å². The number of methoxy groups -OCH3 is 1. The highest BCUT2D eigenvalue weighted by Crippen LogP contribution is 2.23. The number of nitrogens with one attached hydrogen (secondary N) is 2. The van der Waals surface area contributed by atoms with Gasteiger partial charge in [-0.3, -0.25) is 4.79 Å². The molecule has 2 N–H and O–H groups in total. The molecule has 1 aromatic heterocycles. The van der Waals surface area contributed by atoms with Gasteiger partial charge >= 0.3 is 11.9 Å². The van der Waals surface area contributed by atoms with Crippen LogP contribution in [-0.4, -0.2) is 42.2 Å². The Morgan fingerprint density at radius 3 is 2.45 bits per heavy atom. The highest BCUT2D eigenvalue weighted by atomic mass is 127. The van der Waals surface area contributed by atoms with Crippen molar-refractivity contribution in [1.29, 1.82) is 0 Å². The number of hydrogen-bond donors (Lipinski definition) is 2. The van der Waals surface area contributed by atoms with Gasteiger partial charge in [0.25, 0.3) is 0 Å². The van der Waals surface area contributed by atoms with E-state index in [1.54, 1.807) is 0 Å². The van der Waals surface area contributed by atoms with Gasteiger partial charge in [-0.2, -0.15) is 0 Å². The van der Waals surface area contributed by atoms with Gasteiger partial charge < -0.3 is 19.8 Å². The van der Waals surface area contributed by atoms with Crippen LogP contribution in [0, 0.1) is 10.6 Å². The molecule has 6 nitrogen and oxygen atoms in total. The van der Waals surface area contributed by atoms with E-state index in [1.165, 1.54) is 7.11 Å². The summed E-state index contributed by atoms with van der Waals surface area (Å²) in [4.78, 5) is 27.9. The molecule has 0 fully saturated rings. The zero-order valence-corrected chi connectivity index (χ0v) is 19.8. The molecule has 29 heavy (non-hydrogen) atoms. The maximum Gasteiger partial charge on any atom is 0.355 e. The minimum Gasteiger partial charge on any atom is -0.468 e.